The van der Waals surface area contributed by atoms with Gasteiger partial charge in [-0.3, -0.25) is 0 Å². The van der Waals surface area contributed by atoms with Crippen LogP contribution in [0.4, 0.5) is 0 Å². The zero-order valence-corrected chi connectivity index (χ0v) is 17.1. The third-order valence-electron chi connectivity index (χ3n) is 0. The van der Waals surface area contributed by atoms with E-state index >= 15 is 0 Å². The molecule has 0 aliphatic carbocycles. The van der Waals surface area contributed by atoms with E-state index in [0.717, 1.165) is 0 Å². The SMILES string of the molecule is O.O.O.O.[Ba+2].[H-].[H-].[H-].[H-].[Sr+2].[Ta].[Ti]. The molecule has 0 saturated heterocycles. The molecule has 0 aliphatic heterocycles. The smallest absolute Gasteiger partial charge is 1.00 e. The van der Waals surface area contributed by atoms with E-state index in [1.54, 1.807) is 0 Å². The minimum Gasteiger partial charge on any atom is -1.00 e. The molecule has 0 amide bonds. The van der Waals surface area contributed by atoms with Crippen molar-refractivity contribution < 1.29 is 71.7 Å². The van der Waals surface area contributed by atoms with Crippen LogP contribution >= 0.6 is 0 Å². The minimum atomic E-state index is 0. The van der Waals surface area contributed by atoms with E-state index in [2.05, 4.69) is 0 Å². The Bertz CT molecular complexity index is 27.0. The Balaban J connectivity index is 0. The molecule has 8 heteroatoms. The van der Waals surface area contributed by atoms with Gasteiger partial charge in [-0.05, 0) is 0 Å². The molecule has 0 unspecified atom stereocenters. The molecule has 0 aromatic carbocycles. The Hall–Kier alpha value is 4.35. The molecule has 0 spiro atoms. The van der Waals surface area contributed by atoms with Gasteiger partial charge in [0, 0.05) is 44.1 Å². The van der Waals surface area contributed by atoms with Gasteiger partial charge in [-0.2, -0.15) is 0 Å². The van der Waals surface area contributed by atoms with Crippen LogP contribution in [0.25, 0.3) is 0 Å². The van der Waals surface area contributed by atoms with Gasteiger partial charge >= 0.3 is 94.4 Å². The fraction of sp³-hybridized carbons (Fsp3) is 0. The number of hydrogen-bond acceptors (Lipinski definition) is 0. The first-order valence-electron chi connectivity index (χ1n) is 0. The third-order valence-corrected chi connectivity index (χ3v) is 0. The first-order valence-corrected chi connectivity index (χ1v) is 0. The summed E-state index contributed by atoms with van der Waals surface area (Å²) in [5.41, 5.74) is 0. The zero-order valence-electron chi connectivity index (χ0n) is 8.36. The summed E-state index contributed by atoms with van der Waals surface area (Å²) in [6.45, 7) is 0. The van der Waals surface area contributed by atoms with Crippen molar-refractivity contribution in [3.05, 3.63) is 0 Å². The molecule has 4 nitrogen and oxygen atoms in total. The Kier molecular flexibility index (Phi) is 676. The van der Waals surface area contributed by atoms with Crippen LogP contribution in [0.5, 0.6) is 0 Å². The zero-order chi connectivity index (χ0) is 0. The van der Waals surface area contributed by atoms with E-state index in [1.165, 1.54) is 0 Å². The van der Waals surface area contributed by atoms with E-state index in [-0.39, 0.29) is 166 Å². The third kappa shape index (κ3) is 47.8. The molecule has 0 saturated carbocycles. The first kappa shape index (κ1) is 84.1. The first-order chi connectivity index (χ1) is 0. The second-order valence-corrected chi connectivity index (χ2v) is 0. The summed E-state index contributed by atoms with van der Waals surface area (Å²) in [6.07, 6.45) is 0. The number of hydrogen-bond donors (Lipinski definition) is 0. The van der Waals surface area contributed by atoms with Crippen molar-refractivity contribution in [3.63, 3.8) is 0 Å². The van der Waals surface area contributed by atoms with Crippen molar-refractivity contribution in [2.24, 2.45) is 0 Å². The molecule has 0 rings (SSSR count). The molecule has 0 aliphatic rings. The molecule has 0 fully saturated rings. The van der Waals surface area contributed by atoms with Gasteiger partial charge in [0.05, 0.1) is 0 Å². The van der Waals surface area contributed by atoms with Crippen LogP contribution in [-0.2, 0) is 44.1 Å². The molecule has 0 heterocycles. The van der Waals surface area contributed by atoms with Crippen molar-refractivity contribution in [1.29, 1.82) is 0 Å². The topological polar surface area (TPSA) is 126 Å². The van der Waals surface area contributed by atoms with Gasteiger partial charge in [0.1, 0.15) is 0 Å². The van der Waals surface area contributed by atoms with E-state index in [0.29, 0.717) is 0 Å². The van der Waals surface area contributed by atoms with Crippen LogP contribution in [0, 0.1) is 0 Å². The second-order valence-electron chi connectivity index (χ2n) is 0. The van der Waals surface area contributed by atoms with Crippen LogP contribution in [-0.4, -0.2) is 116 Å². The van der Waals surface area contributed by atoms with Crippen molar-refractivity contribution in [2.45, 2.75) is 0 Å². The maximum Gasteiger partial charge on any atom is 2.00 e. The Morgan fingerprint density at radius 2 is 0.750 bits per heavy atom. The molecule has 0 aromatic rings. The van der Waals surface area contributed by atoms with Gasteiger partial charge in [0.25, 0.3) is 0 Å². The van der Waals surface area contributed by atoms with Gasteiger partial charge in [-0.15, -0.1) is 0 Å². The summed E-state index contributed by atoms with van der Waals surface area (Å²) >= 11 is 0. The summed E-state index contributed by atoms with van der Waals surface area (Å²) in [5, 5.41) is 0. The molecular weight excluding hydrogens is 518 g/mol. The van der Waals surface area contributed by atoms with E-state index in [1.807, 2.05) is 0 Å². The maximum atomic E-state index is 0. The quantitative estimate of drug-likeness (QED) is 0.287. The van der Waals surface area contributed by atoms with Crippen LogP contribution < -0.4 is 0 Å². The van der Waals surface area contributed by atoms with E-state index in [9.17, 15) is 0 Å². The molecule has 8 heavy (non-hydrogen) atoms. The van der Waals surface area contributed by atoms with Gasteiger partial charge in [-0.25, -0.2) is 0 Å². The Morgan fingerprint density at radius 1 is 0.750 bits per heavy atom. The van der Waals surface area contributed by atoms with Crippen LogP contribution in [0.1, 0.15) is 5.71 Å². The molecule has 49 valence electrons. The summed E-state index contributed by atoms with van der Waals surface area (Å²) in [4.78, 5) is 0. The van der Waals surface area contributed by atoms with Crippen LogP contribution in [0.15, 0.2) is 0 Å². The molecule has 8 N–H and O–H groups in total. The van der Waals surface area contributed by atoms with Gasteiger partial charge in [0.15, 0.2) is 0 Å². The average molecular weight is 530 g/mol. The van der Waals surface area contributed by atoms with Crippen LogP contribution in [0.2, 0.25) is 0 Å². The monoisotopic (exact) mass is 531 g/mol. The van der Waals surface area contributed by atoms with Gasteiger partial charge in [-0.1, -0.05) is 0 Å². The van der Waals surface area contributed by atoms with Crippen molar-refractivity contribution >= 4 is 94.4 Å². The molecule has 0 atom stereocenters. The predicted octanol–water partition coefficient (Wildman–Crippen LogP) is -3.62. The maximum absolute atomic E-state index is 0. The summed E-state index contributed by atoms with van der Waals surface area (Å²) in [5.74, 6) is 0. The normalized spacial score (nSPS) is 0. The minimum absolute atomic E-state index is 0. The Labute approximate surface area is 162 Å². The standard InChI is InChI=1S/Ba.4H2O.Sr.Ta.Ti.4H/h;4*1H2;;;;;;;/q+2;;;;;+2;;;4*-1. The molecular formula is H12BaO4SrTaTi. The van der Waals surface area contributed by atoms with Crippen LogP contribution in [0.3, 0.4) is 0 Å². The molecule has 1 radical (unpaired) electrons. The average Bonchev–Trinajstić information content (AvgIpc) is 0. The summed E-state index contributed by atoms with van der Waals surface area (Å²) in [6, 6.07) is 0. The van der Waals surface area contributed by atoms with E-state index in [4.69, 9.17) is 0 Å². The van der Waals surface area contributed by atoms with E-state index < -0.39 is 0 Å². The van der Waals surface area contributed by atoms with Crippen molar-refractivity contribution in [1.82, 2.24) is 0 Å². The second kappa shape index (κ2) is 64.3. The number of rotatable bonds is 0. The van der Waals surface area contributed by atoms with Gasteiger partial charge in [0.2, 0.25) is 0 Å². The fourth-order valence-corrected chi connectivity index (χ4v) is 0. The molecule has 0 aromatic heterocycles. The summed E-state index contributed by atoms with van der Waals surface area (Å²) in [7, 11) is 0. The summed E-state index contributed by atoms with van der Waals surface area (Å²) < 4.78 is 0. The largest absolute Gasteiger partial charge is 2.00 e. The van der Waals surface area contributed by atoms with Crippen molar-refractivity contribution in [3.8, 4) is 0 Å². The van der Waals surface area contributed by atoms with Crippen molar-refractivity contribution in [2.75, 3.05) is 0 Å². The van der Waals surface area contributed by atoms with Gasteiger partial charge < -0.3 is 27.6 Å². The predicted molar refractivity (Wildman–Crippen MR) is 30.4 cm³/mol. The molecule has 0 bridgehead atoms. The fourth-order valence-electron chi connectivity index (χ4n) is 0. The Morgan fingerprint density at radius 3 is 0.750 bits per heavy atom.